The topological polar surface area (TPSA) is 81.4 Å². The molecule has 0 aromatic rings. The Morgan fingerprint density at radius 1 is 1.21 bits per heavy atom. The summed E-state index contributed by atoms with van der Waals surface area (Å²) >= 11 is 0. The zero-order valence-electron chi connectivity index (χ0n) is 12.3. The first-order chi connectivity index (χ1) is 8.72. The van der Waals surface area contributed by atoms with Crippen LogP contribution in [0.15, 0.2) is 0 Å². The Morgan fingerprint density at radius 2 is 1.79 bits per heavy atom. The van der Waals surface area contributed by atoms with Gasteiger partial charge in [-0.3, -0.25) is 0 Å². The van der Waals surface area contributed by atoms with Crippen molar-refractivity contribution in [1.82, 2.24) is 4.72 Å². The Hall–Kier alpha value is -0.170. The van der Waals surface area contributed by atoms with Gasteiger partial charge in [0.05, 0.1) is 10.9 Å². The predicted octanol–water partition coefficient (Wildman–Crippen LogP) is 1.38. The van der Waals surface area contributed by atoms with Crippen molar-refractivity contribution >= 4 is 10.0 Å². The maximum Gasteiger partial charge on any atom is 0.216 e. The molecule has 1 aliphatic rings. The molecule has 0 atom stereocenters. The first-order valence-corrected chi connectivity index (χ1v) is 8.57. The highest BCUT2D eigenvalue weighted by Gasteiger charge is 2.28. The van der Waals surface area contributed by atoms with Crippen LogP contribution < -0.4 is 10.5 Å². The third-order valence-electron chi connectivity index (χ3n) is 3.49. The van der Waals surface area contributed by atoms with E-state index in [1.165, 1.54) is 0 Å². The van der Waals surface area contributed by atoms with Crippen LogP contribution in [0, 0.1) is 0 Å². The highest BCUT2D eigenvalue weighted by Crippen LogP contribution is 2.19. The van der Waals surface area contributed by atoms with Gasteiger partial charge >= 0.3 is 0 Å². The Bertz CT molecular complexity index is 355. The van der Waals surface area contributed by atoms with E-state index in [4.69, 9.17) is 10.5 Å². The molecule has 0 bridgehead atoms. The molecule has 1 fully saturated rings. The largest absolute Gasteiger partial charge is 0.378 e. The van der Waals surface area contributed by atoms with E-state index in [0.29, 0.717) is 31.7 Å². The molecule has 0 unspecified atom stereocenters. The molecule has 1 rings (SSSR count). The lowest BCUT2D eigenvalue weighted by atomic mass is 9.94. The smallest absolute Gasteiger partial charge is 0.216 e. The van der Waals surface area contributed by atoms with E-state index < -0.39 is 14.8 Å². The fourth-order valence-electron chi connectivity index (χ4n) is 2.00. The van der Waals surface area contributed by atoms with Gasteiger partial charge in [0.1, 0.15) is 0 Å². The predicted molar refractivity (Wildman–Crippen MR) is 77.5 cm³/mol. The van der Waals surface area contributed by atoms with E-state index in [2.05, 4.69) is 4.72 Å². The molecule has 114 valence electrons. The summed E-state index contributed by atoms with van der Waals surface area (Å²) in [4.78, 5) is 0. The molecule has 0 aromatic carbocycles. The van der Waals surface area contributed by atoms with Gasteiger partial charge in [0.2, 0.25) is 10.0 Å². The Balaban J connectivity index is 2.12. The average molecular weight is 292 g/mol. The second-order valence-electron chi connectivity index (χ2n) is 6.27. The van der Waals surface area contributed by atoms with Crippen LogP contribution in [-0.4, -0.2) is 38.5 Å². The van der Waals surface area contributed by atoms with Gasteiger partial charge in [-0.2, -0.15) is 0 Å². The fourth-order valence-corrected chi connectivity index (χ4v) is 2.85. The molecule has 1 aliphatic carbocycles. The molecule has 0 aliphatic heterocycles. The van der Waals surface area contributed by atoms with Gasteiger partial charge in [-0.1, -0.05) is 0 Å². The van der Waals surface area contributed by atoms with E-state index in [9.17, 15) is 8.42 Å². The monoisotopic (exact) mass is 292 g/mol. The third-order valence-corrected chi connectivity index (χ3v) is 5.69. The van der Waals surface area contributed by atoms with Crippen molar-refractivity contribution in [1.29, 1.82) is 0 Å². The van der Waals surface area contributed by atoms with Crippen molar-refractivity contribution in [2.75, 3.05) is 13.2 Å². The van der Waals surface area contributed by atoms with E-state index in [1.807, 2.05) is 0 Å². The van der Waals surface area contributed by atoms with E-state index in [1.54, 1.807) is 20.8 Å². The zero-order valence-corrected chi connectivity index (χ0v) is 13.1. The van der Waals surface area contributed by atoms with Gasteiger partial charge < -0.3 is 10.5 Å². The van der Waals surface area contributed by atoms with Crippen LogP contribution >= 0.6 is 0 Å². The Labute approximate surface area is 117 Å². The Kier molecular flexibility index (Phi) is 6.23. The normalized spacial score (nSPS) is 25.5. The highest BCUT2D eigenvalue weighted by molar-refractivity contribution is 7.90. The number of sulfonamides is 1. The number of ether oxygens (including phenoxy) is 1. The minimum atomic E-state index is -3.23. The molecule has 0 radical (unpaired) electrons. The number of rotatable bonds is 6. The molecular weight excluding hydrogens is 264 g/mol. The molecular formula is C13H28N2O3S. The van der Waals surface area contributed by atoms with Gasteiger partial charge in [-0.25, -0.2) is 13.1 Å². The lowest BCUT2D eigenvalue weighted by Crippen LogP contribution is -2.40. The van der Waals surface area contributed by atoms with Crippen molar-refractivity contribution in [2.24, 2.45) is 5.73 Å². The molecule has 3 N–H and O–H groups in total. The molecule has 1 saturated carbocycles. The molecule has 6 heteroatoms. The standard InChI is InChI=1S/C13H28N2O3S/c1-13(2,3)19(16,17)15-9-4-10-18-12-7-5-11(14)6-8-12/h11-12,15H,4-10,14H2,1-3H3. The first-order valence-electron chi connectivity index (χ1n) is 7.09. The maximum atomic E-state index is 11.8. The second kappa shape index (κ2) is 7.02. The summed E-state index contributed by atoms with van der Waals surface area (Å²) in [6.45, 7) is 6.11. The van der Waals surface area contributed by atoms with E-state index in [0.717, 1.165) is 25.7 Å². The minimum absolute atomic E-state index is 0.305. The van der Waals surface area contributed by atoms with Crippen LogP contribution in [0.2, 0.25) is 0 Å². The van der Waals surface area contributed by atoms with Gasteiger partial charge in [0, 0.05) is 19.2 Å². The van der Waals surface area contributed by atoms with Gasteiger partial charge in [-0.15, -0.1) is 0 Å². The van der Waals surface area contributed by atoms with E-state index in [-0.39, 0.29) is 0 Å². The number of hydrogen-bond donors (Lipinski definition) is 2. The van der Waals surface area contributed by atoms with Crippen LogP contribution in [-0.2, 0) is 14.8 Å². The van der Waals surface area contributed by atoms with Crippen LogP contribution in [0.3, 0.4) is 0 Å². The summed E-state index contributed by atoms with van der Waals surface area (Å²) in [6.07, 6.45) is 5.11. The lowest BCUT2D eigenvalue weighted by molar-refractivity contribution is 0.0245. The maximum absolute atomic E-state index is 11.8. The Morgan fingerprint density at radius 3 is 2.32 bits per heavy atom. The number of hydrogen-bond acceptors (Lipinski definition) is 4. The van der Waals surface area contributed by atoms with Crippen LogP contribution in [0.1, 0.15) is 52.9 Å². The quantitative estimate of drug-likeness (QED) is 0.725. The minimum Gasteiger partial charge on any atom is -0.378 e. The summed E-state index contributed by atoms with van der Waals surface area (Å²) in [7, 11) is -3.23. The molecule has 5 nitrogen and oxygen atoms in total. The van der Waals surface area contributed by atoms with Crippen LogP contribution in [0.25, 0.3) is 0 Å². The average Bonchev–Trinajstić information content (AvgIpc) is 2.29. The molecule has 0 amide bonds. The SMILES string of the molecule is CC(C)(C)S(=O)(=O)NCCCOC1CCC(N)CC1. The molecule has 0 spiro atoms. The highest BCUT2D eigenvalue weighted by atomic mass is 32.2. The van der Waals surface area contributed by atoms with Gasteiger partial charge in [-0.05, 0) is 52.9 Å². The molecule has 19 heavy (non-hydrogen) atoms. The van der Waals surface area contributed by atoms with Crippen molar-refractivity contribution in [3.05, 3.63) is 0 Å². The van der Waals surface area contributed by atoms with Crippen LogP contribution in [0.5, 0.6) is 0 Å². The number of nitrogens with two attached hydrogens (primary N) is 1. The number of nitrogens with one attached hydrogen (secondary N) is 1. The van der Waals surface area contributed by atoms with E-state index >= 15 is 0 Å². The summed E-state index contributed by atoms with van der Waals surface area (Å²) in [5.41, 5.74) is 5.83. The summed E-state index contributed by atoms with van der Waals surface area (Å²) in [5.74, 6) is 0. The van der Waals surface area contributed by atoms with Gasteiger partial charge in [0.25, 0.3) is 0 Å². The fraction of sp³-hybridized carbons (Fsp3) is 1.00. The third kappa shape index (κ3) is 5.77. The summed E-state index contributed by atoms with van der Waals surface area (Å²) in [6, 6.07) is 0.332. The zero-order chi connectivity index (χ0) is 14.5. The van der Waals surface area contributed by atoms with Crippen LogP contribution in [0.4, 0.5) is 0 Å². The van der Waals surface area contributed by atoms with Crippen molar-refractivity contribution in [3.8, 4) is 0 Å². The lowest BCUT2D eigenvalue weighted by Gasteiger charge is -2.26. The molecule has 0 heterocycles. The van der Waals surface area contributed by atoms with Crippen molar-refractivity contribution in [2.45, 2.75) is 69.8 Å². The second-order valence-corrected chi connectivity index (χ2v) is 8.79. The van der Waals surface area contributed by atoms with Crippen molar-refractivity contribution < 1.29 is 13.2 Å². The molecule has 0 saturated heterocycles. The molecule has 0 aromatic heterocycles. The summed E-state index contributed by atoms with van der Waals surface area (Å²) < 4.78 is 31.2. The summed E-state index contributed by atoms with van der Waals surface area (Å²) in [5, 5.41) is 0. The van der Waals surface area contributed by atoms with Gasteiger partial charge in [0.15, 0.2) is 0 Å². The first kappa shape index (κ1) is 16.9. The van der Waals surface area contributed by atoms with Crippen molar-refractivity contribution in [3.63, 3.8) is 0 Å².